The molecule has 0 radical (unpaired) electrons. The van der Waals surface area contributed by atoms with Crippen LogP contribution in [0.1, 0.15) is 36.0 Å². The number of benzene rings is 3. The zero-order valence-corrected chi connectivity index (χ0v) is 18.3. The summed E-state index contributed by atoms with van der Waals surface area (Å²) in [5.74, 6) is 0.712. The van der Waals surface area contributed by atoms with Crippen LogP contribution in [0.3, 0.4) is 0 Å². The van der Waals surface area contributed by atoms with E-state index in [-0.39, 0.29) is 5.41 Å². The summed E-state index contributed by atoms with van der Waals surface area (Å²) >= 11 is 0. The first-order valence-corrected chi connectivity index (χ1v) is 11.8. The van der Waals surface area contributed by atoms with E-state index in [0.717, 1.165) is 32.7 Å². The number of ether oxygens (including phenoxy) is 1. The smallest absolute Gasteiger partial charge is 0.0566 e. The summed E-state index contributed by atoms with van der Waals surface area (Å²) in [5, 5.41) is 0. The molecule has 160 valence electrons. The van der Waals surface area contributed by atoms with Crippen LogP contribution in [-0.2, 0) is 23.1 Å². The molecule has 0 unspecified atom stereocenters. The van der Waals surface area contributed by atoms with Crippen LogP contribution >= 0.6 is 0 Å². The van der Waals surface area contributed by atoms with E-state index in [4.69, 9.17) is 4.74 Å². The Balaban J connectivity index is 1.40. The third kappa shape index (κ3) is 4.46. The van der Waals surface area contributed by atoms with Gasteiger partial charge in [0.15, 0.2) is 0 Å². The monoisotopic (exact) mass is 411 g/mol. The van der Waals surface area contributed by atoms with Crippen molar-refractivity contribution in [3.63, 3.8) is 0 Å². The van der Waals surface area contributed by atoms with E-state index < -0.39 is 0 Å². The molecule has 1 saturated heterocycles. The van der Waals surface area contributed by atoms with Gasteiger partial charge in [0.1, 0.15) is 0 Å². The molecule has 0 spiro atoms. The van der Waals surface area contributed by atoms with Gasteiger partial charge in [0.2, 0.25) is 0 Å². The quantitative estimate of drug-likeness (QED) is 0.482. The van der Waals surface area contributed by atoms with Gasteiger partial charge in [-0.3, -0.25) is 4.90 Å². The molecule has 2 fully saturated rings. The second-order valence-corrected chi connectivity index (χ2v) is 9.35. The van der Waals surface area contributed by atoms with Gasteiger partial charge in [-0.15, -0.1) is 0 Å². The van der Waals surface area contributed by atoms with Gasteiger partial charge in [0.25, 0.3) is 0 Å². The maximum Gasteiger partial charge on any atom is 0.0566 e. The number of nitrogens with zero attached hydrogens (tertiary/aromatic N) is 1. The van der Waals surface area contributed by atoms with E-state index in [9.17, 15) is 0 Å². The highest BCUT2D eigenvalue weighted by atomic mass is 16.5. The van der Waals surface area contributed by atoms with Crippen molar-refractivity contribution in [3.8, 4) is 0 Å². The standard InChI is InChI=1S/C29H33NO/c1-4-10-24(11-5-1)16-18-30(22-25-12-6-2-7-13-25)28-20-27-17-19-31-23-29(27,21-28)26-14-8-3-9-15-26/h1-15,27-28H,16-23H2/t27-,28+,29-/m1/s1. The van der Waals surface area contributed by atoms with Gasteiger partial charge in [-0.25, -0.2) is 0 Å². The van der Waals surface area contributed by atoms with E-state index >= 15 is 0 Å². The summed E-state index contributed by atoms with van der Waals surface area (Å²) < 4.78 is 6.10. The predicted molar refractivity (Wildman–Crippen MR) is 127 cm³/mol. The minimum absolute atomic E-state index is 0.172. The van der Waals surface area contributed by atoms with Crippen LogP contribution < -0.4 is 0 Å². The lowest BCUT2D eigenvalue weighted by Crippen LogP contribution is -2.41. The third-order valence-electron chi connectivity index (χ3n) is 7.53. The highest BCUT2D eigenvalue weighted by Crippen LogP contribution is 2.51. The highest BCUT2D eigenvalue weighted by Gasteiger charge is 2.51. The summed E-state index contributed by atoms with van der Waals surface area (Å²) in [5.41, 5.74) is 4.49. The fraction of sp³-hybridized carbons (Fsp3) is 0.379. The molecule has 1 aliphatic heterocycles. The summed E-state index contributed by atoms with van der Waals surface area (Å²) in [4.78, 5) is 2.76. The van der Waals surface area contributed by atoms with E-state index in [2.05, 4.69) is 95.9 Å². The molecule has 0 amide bonds. The summed E-state index contributed by atoms with van der Waals surface area (Å²) in [7, 11) is 0. The van der Waals surface area contributed by atoms with Gasteiger partial charge in [0.05, 0.1) is 6.61 Å². The van der Waals surface area contributed by atoms with Crippen LogP contribution in [0, 0.1) is 5.92 Å². The molecule has 0 N–H and O–H groups in total. The lowest BCUT2D eigenvalue weighted by molar-refractivity contribution is 0.00729. The predicted octanol–water partition coefficient (Wildman–Crippen LogP) is 5.87. The Morgan fingerprint density at radius 3 is 2.16 bits per heavy atom. The number of hydrogen-bond donors (Lipinski definition) is 0. The van der Waals surface area contributed by atoms with Gasteiger partial charge < -0.3 is 4.74 Å². The Labute approximate surface area is 186 Å². The molecule has 3 aromatic carbocycles. The molecule has 0 aromatic heterocycles. The molecular weight excluding hydrogens is 378 g/mol. The van der Waals surface area contributed by atoms with E-state index in [1.165, 1.54) is 36.0 Å². The highest BCUT2D eigenvalue weighted by molar-refractivity contribution is 5.30. The molecule has 31 heavy (non-hydrogen) atoms. The van der Waals surface area contributed by atoms with Crippen LogP contribution in [0.2, 0.25) is 0 Å². The molecule has 3 atom stereocenters. The zero-order valence-electron chi connectivity index (χ0n) is 18.3. The van der Waals surface area contributed by atoms with Crippen LogP contribution in [0.4, 0.5) is 0 Å². The second-order valence-electron chi connectivity index (χ2n) is 9.35. The van der Waals surface area contributed by atoms with Crippen LogP contribution in [0.25, 0.3) is 0 Å². The summed E-state index contributed by atoms with van der Waals surface area (Å²) in [6.45, 7) is 3.91. The van der Waals surface area contributed by atoms with Gasteiger partial charge in [0, 0.05) is 31.2 Å². The average Bonchev–Trinajstić information content (AvgIpc) is 3.24. The van der Waals surface area contributed by atoms with Crippen molar-refractivity contribution in [1.82, 2.24) is 4.90 Å². The van der Waals surface area contributed by atoms with Crippen molar-refractivity contribution in [2.24, 2.45) is 5.92 Å². The fourth-order valence-corrected chi connectivity index (χ4v) is 5.89. The maximum atomic E-state index is 6.10. The lowest BCUT2D eigenvalue weighted by Gasteiger charge is -2.40. The Bertz CT molecular complexity index is 942. The fourth-order valence-electron chi connectivity index (χ4n) is 5.89. The van der Waals surface area contributed by atoms with Gasteiger partial charge in [-0.1, -0.05) is 91.0 Å². The van der Waals surface area contributed by atoms with Crippen molar-refractivity contribution >= 4 is 0 Å². The maximum absolute atomic E-state index is 6.10. The van der Waals surface area contributed by atoms with Crippen molar-refractivity contribution in [3.05, 3.63) is 108 Å². The average molecular weight is 412 g/mol. The molecule has 5 rings (SSSR count). The number of hydrogen-bond acceptors (Lipinski definition) is 2. The second kappa shape index (κ2) is 9.38. The van der Waals surface area contributed by atoms with Crippen LogP contribution in [0.15, 0.2) is 91.0 Å². The molecule has 1 aliphatic carbocycles. The first-order valence-electron chi connectivity index (χ1n) is 11.8. The zero-order chi connectivity index (χ0) is 20.9. The molecular formula is C29H33NO. The molecule has 2 nitrogen and oxygen atoms in total. The van der Waals surface area contributed by atoms with Crippen LogP contribution in [-0.4, -0.2) is 30.7 Å². The molecule has 2 heteroatoms. The van der Waals surface area contributed by atoms with E-state index in [0.29, 0.717) is 12.0 Å². The number of rotatable bonds is 7. The first kappa shape index (κ1) is 20.5. The normalized spacial score (nSPS) is 25.5. The van der Waals surface area contributed by atoms with Gasteiger partial charge in [-0.05, 0) is 48.3 Å². The SMILES string of the molecule is c1ccc(CCN(Cc2ccccc2)[C@H]2C[C@H]3CCOC[C@@]3(c3ccccc3)C2)cc1. The van der Waals surface area contributed by atoms with Crippen molar-refractivity contribution in [1.29, 1.82) is 0 Å². The Morgan fingerprint density at radius 2 is 1.45 bits per heavy atom. The largest absolute Gasteiger partial charge is 0.381 e. The molecule has 1 saturated carbocycles. The Kier molecular flexibility index (Phi) is 6.20. The van der Waals surface area contributed by atoms with E-state index in [1.807, 2.05) is 0 Å². The van der Waals surface area contributed by atoms with Gasteiger partial charge in [-0.2, -0.15) is 0 Å². The first-order chi connectivity index (χ1) is 15.3. The third-order valence-corrected chi connectivity index (χ3v) is 7.53. The Morgan fingerprint density at radius 1 is 0.806 bits per heavy atom. The van der Waals surface area contributed by atoms with E-state index in [1.54, 1.807) is 0 Å². The van der Waals surface area contributed by atoms with Crippen molar-refractivity contribution < 1.29 is 4.74 Å². The number of fused-ring (bicyclic) bond motifs is 1. The molecule has 3 aromatic rings. The molecule has 2 aliphatic rings. The lowest BCUT2D eigenvalue weighted by atomic mass is 9.70. The van der Waals surface area contributed by atoms with Crippen molar-refractivity contribution in [2.75, 3.05) is 19.8 Å². The topological polar surface area (TPSA) is 12.5 Å². The van der Waals surface area contributed by atoms with Gasteiger partial charge >= 0.3 is 0 Å². The molecule has 0 bridgehead atoms. The minimum atomic E-state index is 0.172. The van der Waals surface area contributed by atoms with Crippen LogP contribution in [0.5, 0.6) is 0 Å². The summed E-state index contributed by atoms with van der Waals surface area (Å²) in [6.07, 6.45) is 4.76. The van der Waals surface area contributed by atoms with Crippen molar-refractivity contribution in [2.45, 2.75) is 43.7 Å². The Hall–Kier alpha value is -2.42. The molecule has 1 heterocycles. The minimum Gasteiger partial charge on any atom is -0.381 e. The summed E-state index contributed by atoms with van der Waals surface area (Å²) in [6, 6.07) is 33.7.